The number of aromatic hydroxyl groups is 1. The maximum atomic E-state index is 9.56. The molecule has 0 atom stereocenters. The van der Waals surface area contributed by atoms with E-state index in [1.165, 1.54) is 0 Å². The first-order valence-electron chi connectivity index (χ1n) is 4.62. The standard InChI is InChI=1S/C11H7BrO4/c12-10-4-7(11(13)16-10)6-1-2-8-9(3-6)15-5-14-8/h1-4,13H,5H2. The first kappa shape index (κ1) is 9.59. The van der Waals surface area contributed by atoms with Gasteiger partial charge in [-0.2, -0.15) is 0 Å². The van der Waals surface area contributed by atoms with Gasteiger partial charge in [0, 0.05) is 6.07 Å². The number of benzene rings is 1. The average Bonchev–Trinajstić information content (AvgIpc) is 2.83. The van der Waals surface area contributed by atoms with Crippen LogP contribution in [-0.4, -0.2) is 11.9 Å². The Balaban J connectivity index is 2.10. The lowest BCUT2D eigenvalue weighted by atomic mass is 10.1. The maximum Gasteiger partial charge on any atom is 0.291 e. The topological polar surface area (TPSA) is 51.8 Å². The van der Waals surface area contributed by atoms with Gasteiger partial charge in [-0.05, 0) is 33.6 Å². The van der Waals surface area contributed by atoms with Crippen LogP contribution in [0.25, 0.3) is 11.1 Å². The van der Waals surface area contributed by atoms with Gasteiger partial charge in [0.25, 0.3) is 5.95 Å². The Morgan fingerprint density at radius 1 is 1.12 bits per heavy atom. The van der Waals surface area contributed by atoms with Crippen molar-refractivity contribution < 1.29 is 19.0 Å². The average molecular weight is 283 g/mol. The van der Waals surface area contributed by atoms with E-state index >= 15 is 0 Å². The minimum Gasteiger partial charge on any atom is -0.480 e. The maximum absolute atomic E-state index is 9.56. The zero-order valence-electron chi connectivity index (χ0n) is 8.07. The Morgan fingerprint density at radius 2 is 1.94 bits per heavy atom. The van der Waals surface area contributed by atoms with Crippen molar-refractivity contribution in [2.24, 2.45) is 0 Å². The van der Waals surface area contributed by atoms with Gasteiger partial charge in [-0.1, -0.05) is 6.07 Å². The molecule has 2 heterocycles. The van der Waals surface area contributed by atoms with Crippen molar-refractivity contribution >= 4 is 15.9 Å². The highest BCUT2D eigenvalue weighted by atomic mass is 79.9. The van der Waals surface area contributed by atoms with E-state index in [1.807, 2.05) is 6.07 Å². The number of rotatable bonds is 1. The van der Waals surface area contributed by atoms with Crippen molar-refractivity contribution in [2.75, 3.05) is 6.79 Å². The quantitative estimate of drug-likeness (QED) is 0.873. The number of halogens is 1. The third-order valence-electron chi connectivity index (χ3n) is 2.37. The van der Waals surface area contributed by atoms with Crippen molar-refractivity contribution in [1.29, 1.82) is 0 Å². The van der Waals surface area contributed by atoms with Crippen LogP contribution in [0.1, 0.15) is 0 Å². The number of fused-ring (bicyclic) bond motifs is 1. The van der Waals surface area contributed by atoms with E-state index in [9.17, 15) is 5.11 Å². The summed E-state index contributed by atoms with van der Waals surface area (Å²) in [6.45, 7) is 0.236. The van der Waals surface area contributed by atoms with E-state index in [1.54, 1.807) is 18.2 Å². The first-order valence-corrected chi connectivity index (χ1v) is 5.41. The Labute approximate surface area is 99.5 Å². The minimum atomic E-state index is -0.120. The lowest BCUT2D eigenvalue weighted by Crippen LogP contribution is -1.92. The van der Waals surface area contributed by atoms with E-state index in [2.05, 4.69) is 15.9 Å². The van der Waals surface area contributed by atoms with Gasteiger partial charge in [0.15, 0.2) is 16.2 Å². The molecule has 0 spiro atoms. The summed E-state index contributed by atoms with van der Waals surface area (Å²) in [5.74, 6) is 1.27. The number of ether oxygens (including phenoxy) is 2. The van der Waals surface area contributed by atoms with Crippen LogP contribution in [0.3, 0.4) is 0 Å². The fraction of sp³-hybridized carbons (Fsp3) is 0.0909. The SMILES string of the molecule is Oc1oc(Br)cc1-c1ccc2c(c1)OCO2. The molecule has 2 aromatic rings. The van der Waals surface area contributed by atoms with E-state index in [0.29, 0.717) is 21.7 Å². The molecule has 3 rings (SSSR count). The molecule has 5 heteroatoms. The number of hydrogen-bond acceptors (Lipinski definition) is 4. The summed E-state index contributed by atoms with van der Waals surface area (Å²) in [5.41, 5.74) is 1.43. The molecular formula is C11H7BrO4. The van der Waals surface area contributed by atoms with Crippen molar-refractivity contribution in [3.8, 4) is 28.6 Å². The molecule has 0 aliphatic carbocycles. The monoisotopic (exact) mass is 282 g/mol. The highest BCUT2D eigenvalue weighted by Gasteiger charge is 2.17. The third kappa shape index (κ3) is 1.44. The van der Waals surface area contributed by atoms with Gasteiger partial charge in [0.05, 0.1) is 5.56 Å². The van der Waals surface area contributed by atoms with E-state index < -0.39 is 0 Å². The van der Waals surface area contributed by atoms with Crippen LogP contribution in [0.15, 0.2) is 33.4 Å². The van der Waals surface area contributed by atoms with Crippen LogP contribution in [0, 0.1) is 0 Å². The van der Waals surface area contributed by atoms with Gasteiger partial charge >= 0.3 is 0 Å². The van der Waals surface area contributed by atoms with Gasteiger partial charge in [0.1, 0.15) is 0 Å². The van der Waals surface area contributed by atoms with Gasteiger partial charge in [0.2, 0.25) is 6.79 Å². The highest BCUT2D eigenvalue weighted by molar-refractivity contribution is 9.10. The second-order valence-electron chi connectivity index (χ2n) is 3.34. The third-order valence-corrected chi connectivity index (χ3v) is 2.76. The van der Waals surface area contributed by atoms with Crippen LogP contribution in [-0.2, 0) is 0 Å². The molecule has 1 aromatic carbocycles. The van der Waals surface area contributed by atoms with Crippen LogP contribution >= 0.6 is 15.9 Å². The number of furan rings is 1. The Kier molecular flexibility index (Phi) is 2.07. The second kappa shape index (κ2) is 3.45. The van der Waals surface area contributed by atoms with Crippen LogP contribution < -0.4 is 9.47 Å². The minimum absolute atomic E-state index is 0.120. The first-order chi connectivity index (χ1) is 7.74. The molecule has 4 nitrogen and oxygen atoms in total. The molecule has 0 radical (unpaired) electrons. The molecule has 1 aliphatic rings. The summed E-state index contributed by atoms with van der Waals surface area (Å²) in [6, 6.07) is 7.15. The van der Waals surface area contributed by atoms with E-state index in [4.69, 9.17) is 13.9 Å². The summed E-state index contributed by atoms with van der Waals surface area (Å²) in [5, 5.41) is 9.56. The molecular weight excluding hydrogens is 276 g/mol. The lowest BCUT2D eigenvalue weighted by Gasteiger charge is -2.00. The molecule has 1 aromatic heterocycles. The Bertz CT molecular complexity index is 547. The fourth-order valence-electron chi connectivity index (χ4n) is 1.62. The predicted octanol–water partition coefficient (Wildman–Crippen LogP) is 3.14. The van der Waals surface area contributed by atoms with Gasteiger partial charge in [-0.25, -0.2) is 0 Å². The van der Waals surface area contributed by atoms with Crippen molar-refractivity contribution in [1.82, 2.24) is 0 Å². The second-order valence-corrected chi connectivity index (χ2v) is 4.12. The zero-order chi connectivity index (χ0) is 11.1. The molecule has 16 heavy (non-hydrogen) atoms. The Morgan fingerprint density at radius 3 is 2.69 bits per heavy atom. The van der Waals surface area contributed by atoms with Crippen molar-refractivity contribution in [3.05, 3.63) is 28.9 Å². The predicted molar refractivity (Wildman–Crippen MR) is 59.6 cm³/mol. The molecule has 1 aliphatic heterocycles. The zero-order valence-corrected chi connectivity index (χ0v) is 9.65. The molecule has 0 fully saturated rings. The molecule has 82 valence electrons. The summed E-state index contributed by atoms with van der Waals surface area (Å²) in [7, 11) is 0. The van der Waals surface area contributed by atoms with Crippen LogP contribution in [0.4, 0.5) is 0 Å². The van der Waals surface area contributed by atoms with Crippen molar-refractivity contribution in [2.45, 2.75) is 0 Å². The van der Waals surface area contributed by atoms with Crippen LogP contribution in [0.2, 0.25) is 0 Å². The highest BCUT2D eigenvalue weighted by Crippen LogP contribution is 2.40. The summed E-state index contributed by atoms with van der Waals surface area (Å²) >= 11 is 3.16. The van der Waals surface area contributed by atoms with Gasteiger partial charge < -0.3 is 19.0 Å². The normalized spacial score (nSPS) is 13.1. The molecule has 0 bridgehead atoms. The largest absolute Gasteiger partial charge is 0.480 e. The molecule has 1 N–H and O–H groups in total. The van der Waals surface area contributed by atoms with E-state index in [-0.39, 0.29) is 12.7 Å². The van der Waals surface area contributed by atoms with Gasteiger partial charge in [-0.3, -0.25) is 0 Å². The molecule has 0 saturated carbocycles. The molecule has 0 saturated heterocycles. The summed E-state index contributed by atoms with van der Waals surface area (Å²) in [4.78, 5) is 0. The van der Waals surface area contributed by atoms with Crippen LogP contribution in [0.5, 0.6) is 17.4 Å². The lowest BCUT2D eigenvalue weighted by molar-refractivity contribution is 0.174. The smallest absolute Gasteiger partial charge is 0.291 e. The summed E-state index contributed by atoms with van der Waals surface area (Å²) in [6.07, 6.45) is 0. The number of hydrogen-bond donors (Lipinski definition) is 1. The fourth-order valence-corrected chi connectivity index (χ4v) is 2.01. The van der Waals surface area contributed by atoms with E-state index in [0.717, 1.165) is 5.56 Å². The molecule has 0 unspecified atom stereocenters. The van der Waals surface area contributed by atoms with Gasteiger partial charge in [-0.15, -0.1) is 0 Å². The summed E-state index contributed by atoms with van der Waals surface area (Å²) < 4.78 is 15.9. The van der Waals surface area contributed by atoms with Crippen molar-refractivity contribution in [3.63, 3.8) is 0 Å². The Hall–Kier alpha value is -1.62. The molecule has 0 amide bonds.